The molecule has 0 bridgehead atoms. The highest BCUT2D eigenvalue weighted by atomic mass is 127. The van der Waals surface area contributed by atoms with Crippen LogP contribution in [0.4, 0.5) is 4.39 Å². The van der Waals surface area contributed by atoms with Gasteiger partial charge in [-0.05, 0) is 73.3 Å². The molecule has 116 valence electrons. The normalized spacial score (nSPS) is 26.4. The zero-order valence-corrected chi connectivity index (χ0v) is 15.9. The Balaban J connectivity index is 2.21. The lowest BCUT2D eigenvalue weighted by atomic mass is 10.0. The standard InChI is InChI=1S/C16H22FIO2Si/c1-21(2,3)20-16(11-12-18)10-4-5-15(16)19-14-8-6-13(17)7-9-14/h6-9,11-12,15H,4-5,10H2,1-3H3/b12-11+. The van der Waals surface area contributed by atoms with Crippen molar-refractivity contribution < 1.29 is 13.6 Å². The third-order valence-electron chi connectivity index (χ3n) is 3.51. The molecular formula is C16H22FIO2Si. The molecule has 0 aromatic heterocycles. The van der Waals surface area contributed by atoms with Crippen molar-refractivity contribution in [2.45, 2.75) is 50.6 Å². The summed E-state index contributed by atoms with van der Waals surface area (Å²) in [6, 6.07) is 6.22. The predicted octanol–water partition coefficient (Wildman–Crippen LogP) is 5.30. The predicted molar refractivity (Wildman–Crippen MR) is 95.0 cm³/mol. The molecule has 0 spiro atoms. The van der Waals surface area contributed by atoms with Gasteiger partial charge in [-0.1, -0.05) is 22.6 Å². The first-order chi connectivity index (χ1) is 9.85. The van der Waals surface area contributed by atoms with Crippen LogP contribution in [0, 0.1) is 5.82 Å². The lowest BCUT2D eigenvalue weighted by Gasteiger charge is -2.38. The largest absolute Gasteiger partial charge is 0.487 e. The molecule has 5 heteroatoms. The average Bonchev–Trinajstić information content (AvgIpc) is 2.73. The van der Waals surface area contributed by atoms with E-state index in [1.165, 1.54) is 12.1 Å². The van der Waals surface area contributed by atoms with Crippen molar-refractivity contribution in [2.24, 2.45) is 0 Å². The van der Waals surface area contributed by atoms with E-state index in [0.29, 0.717) is 5.75 Å². The number of hydrogen-bond acceptors (Lipinski definition) is 2. The molecule has 0 saturated heterocycles. The monoisotopic (exact) mass is 420 g/mol. The smallest absolute Gasteiger partial charge is 0.185 e. The van der Waals surface area contributed by atoms with Crippen molar-refractivity contribution in [3.8, 4) is 5.75 Å². The van der Waals surface area contributed by atoms with Crippen LogP contribution in [0.1, 0.15) is 19.3 Å². The maximum absolute atomic E-state index is 13.0. The summed E-state index contributed by atoms with van der Waals surface area (Å²) < 4.78 is 27.6. The third-order valence-corrected chi connectivity index (χ3v) is 4.86. The number of ether oxygens (including phenoxy) is 1. The maximum Gasteiger partial charge on any atom is 0.185 e. The molecule has 2 nitrogen and oxygen atoms in total. The molecule has 0 N–H and O–H groups in total. The molecule has 1 fully saturated rings. The molecule has 1 saturated carbocycles. The van der Waals surface area contributed by atoms with Gasteiger partial charge < -0.3 is 9.16 Å². The quantitative estimate of drug-likeness (QED) is 0.476. The van der Waals surface area contributed by atoms with E-state index in [2.05, 4.69) is 48.3 Å². The minimum absolute atomic E-state index is 0.0132. The Hall–Kier alpha value is -0.403. The van der Waals surface area contributed by atoms with Crippen molar-refractivity contribution in [1.82, 2.24) is 0 Å². The molecule has 0 heterocycles. The molecule has 0 aliphatic heterocycles. The molecule has 2 atom stereocenters. The van der Waals surface area contributed by atoms with Gasteiger partial charge in [0.15, 0.2) is 8.32 Å². The topological polar surface area (TPSA) is 18.5 Å². The van der Waals surface area contributed by atoms with Crippen LogP contribution in [0.2, 0.25) is 19.6 Å². The summed E-state index contributed by atoms with van der Waals surface area (Å²) in [6.45, 7) is 6.59. The van der Waals surface area contributed by atoms with E-state index in [4.69, 9.17) is 9.16 Å². The van der Waals surface area contributed by atoms with Gasteiger partial charge in [-0.3, -0.25) is 0 Å². The molecule has 1 aromatic carbocycles. The highest BCUT2D eigenvalue weighted by Crippen LogP contribution is 2.40. The molecule has 1 aromatic rings. The number of benzene rings is 1. The van der Waals surface area contributed by atoms with Gasteiger partial charge in [-0.25, -0.2) is 4.39 Å². The Kier molecular flexibility index (Phi) is 5.48. The van der Waals surface area contributed by atoms with Crippen LogP contribution >= 0.6 is 22.6 Å². The van der Waals surface area contributed by atoms with Gasteiger partial charge in [0.05, 0.1) is 0 Å². The summed E-state index contributed by atoms with van der Waals surface area (Å²) >= 11 is 2.23. The maximum atomic E-state index is 13.0. The van der Waals surface area contributed by atoms with Crippen LogP contribution in [-0.4, -0.2) is 20.0 Å². The highest BCUT2D eigenvalue weighted by molar-refractivity contribution is 14.1. The number of halogens is 2. The van der Waals surface area contributed by atoms with Gasteiger partial charge in [0.2, 0.25) is 0 Å². The molecule has 0 amide bonds. The molecule has 0 radical (unpaired) electrons. The van der Waals surface area contributed by atoms with E-state index in [1.54, 1.807) is 12.1 Å². The van der Waals surface area contributed by atoms with Gasteiger partial charge in [0.1, 0.15) is 23.3 Å². The van der Waals surface area contributed by atoms with Crippen molar-refractivity contribution >= 4 is 30.9 Å². The Morgan fingerprint density at radius 2 is 1.95 bits per heavy atom. The molecule has 2 rings (SSSR count). The van der Waals surface area contributed by atoms with Gasteiger partial charge >= 0.3 is 0 Å². The van der Waals surface area contributed by atoms with Crippen molar-refractivity contribution in [1.29, 1.82) is 0 Å². The fourth-order valence-corrected chi connectivity index (χ4v) is 4.87. The summed E-state index contributed by atoms with van der Waals surface area (Å²) in [7, 11) is -1.69. The van der Waals surface area contributed by atoms with Crippen LogP contribution in [0.5, 0.6) is 5.75 Å². The second-order valence-electron chi connectivity index (χ2n) is 6.41. The summed E-state index contributed by atoms with van der Waals surface area (Å²) in [5.74, 6) is 0.458. The van der Waals surface area contributed by atoms with Crippen LogP contribution in [0.25, 0.3) is 0 Å². The van der Waals surface area contributed by atoms with Crippen LogP contribution in [0.3, 0.4) is 0 Å². The zero-order valence-electron chi connectivity index (χ0n) is 12.7. The summed E-state index contributed by atoms with van der Waals surface area (Å²) in [5.41, 5.74) is -0.347. The fraction of sp³-hybridized carbons (Fsp3) is 0.500. The van der Waals surface area contributed by atoms with Crippen LogP contribution in [-0.2, 0) is 4.43 Å². The molecule has 1 aliphatic carbocycles. The first-order valence-corrected chi connectivity index (χ1v) is 11.9. The van der Waals surface area contributed by atoms with Gasteiger partial charge in [-0.15, -0.1) is 0 Å². The lowest BCUT2D eigenvalue weighted by molar-refractivity contribution is 0.0131. The molecule has 1 aliphatic rings. The third kappa shape index (κ3) is 4.53. The van der Waals surface area contributed by atoms with Gasteiger partial charge in [0, 0.05) is 0 Å². The van der Waals surface area contributed by atoms with Crippen LogP contribution < -0.4 is 4.74 Å². The first kappa shape index (κ1) is 17.0. The van der Waals surface area contributed by atoms with E-state index >= 15 is 0 Å². The van der Waals surface area contributed by atoms with Gasteiger partial charge in [-0.2, -0.15) is 0 Å². The van der Waals surface area contributed by atoms with Gasteiger partial charge in [0.25, 0.3) is 0 Å². The second kappa shape index (κ2) is 6.79. The minimum Gasteiger partial charge on any atom is -0.487 e. The zero-order chi connectivity index (χ0) is 15.5. The highest BCUT2D eigenvalue weighted by Gasteiger charge is 2.46. The van der Waals surface area contributed by atoms with Crippen LogP contribution in [0.15, 0.2) is 34.4 Å². The molecular weight excluding hydrogens is 398 g/mol. The van der Waals surface area contributed by atoms with E-state index < -0.39 is 8.32 Å². The second-order valence-corrected chi connectivity index (χ2v) is 11.6. The van der Waals surface area contributed by atoms with E-state index in [-0.39, 0.29) is 17.5 Å². The van der Waals surface area contributed by atoms with E-state index in [9.17, 15) is 4.39 Å². The Labute approximate surface area is 141 Å². The Morgan fingerprint density at radius 1 is 1.29 bits per heavy atom. The lowest BCUT2D eigenvalue weighted by Crippen LogP contribution is -2.48. The summed E-state index contributed by atoms with van der Waals surface area (Å²) in [4.78, 5) is 0. The number of rotatable bonds is 5. The van der Waals surface area contributed by atoms with E-state index in [1.807, 2.05) is 4.08 Å². The Morgan fingerprint density at radius 3 is 2.52 bits per heavy atom. The van der Waals surface area contributed by atoms with Crippen molar-refractivity contribution in [3.63, 3.8) is 0 Å². The fourth-order valence-electron chi connectivity index (χ4n) is 2.82. The summed E-state index contributed by atoms with van der Waals surface area (Å²) in [5, 5.41) is 0. The number of hydrogen-bond donors (Lipinski definition) is 0. The van der Waals surface area contributed by atoms with Crippen molar-refractivity contribution in [2.75, 3.05) is 0 Å². The van der Waals surface area contributed by atoms with E-state index in [0.717, 1.165) is 19.3 Å². The molecule has 21 heavy (non-hydrogen) atoms. The first-order valence-electron chi connectivity index (χ1n) is 7.25. The molecule has 2 unspecified atom stereocenters. The average molecular weight is 420 g/mol. The Bertz CT molecular complexity index is 498. The summed E-state index contributed by atoms with van der Waals surface area (Å²) in [6.07, 6.45) is 5.14. The SMILES string of the molecule is C[Si](C)(C)OC1(/C=C/I)CCCC1Oc1ccc(F)cc1. The van der Waals surface area contributed by atoms with Crippen molar-refractivity contribution in [3.05, 3.63) is 40.2 Å². The minimum atomic E-state index is -1.69.